The first kappa shape index (κ1) is 15.0. The maximum Gasteiger partial charge on any atom is 0.357 e. The van der Waals surface area contributed by atoms with Crippen molar-refractivity contribution in [3.8, 4) is 6.07 Å². The normalized spacial score (nSPS) is 10.8. The van der Waals surface area contributed by atoms with Gasteiger partial charge in [-0.3, -0.25) is 0 Å². The minimum atomic E-state index is -0.479. The molecule has 0 atom stereocenters. The van der Waals surface area contributed by atoms with Crippen molar-refractivity contribution < 1.29 is 14.3 Å². The third-order valence-corrected chi connectivity index (χ3v) is 3.62. The van der Waals surface area contributed by atoms with Crippen LogP contribution in [0.25, 0.3) is 21.8 Å². The Hall–Kier alpha value is -2.91. The number of aromatic nitrogens is 2. The van der Waals surface area contributed by atoms with Gasteiger partial charge in [-0.1, -0.05) is 0 Å². The molecule has 0 aliphatic carbocycles. The highest BCUT2D eigenvalue weighted by Crippen LogP contribution is 2.31. The van der Waals surface area contributed by atoms with Crippen molar-refractivity contribution in [3.05, 3.63) is 41.2 Å². The van der Waals surface area contributed by atoms with Crippen LogP contribution in [0.2, 0.25) is 0 Å². The van der Waals surface area contributed by atoms with Crippen LogP contribution in [0.3, 0.4) is 0 Å². The molecule has 2 aromatic heterocycles. The summed E-state index contributed by atoms with van der Waals surface area (Å²) < 4.78 is 10.3. The minimum absolute atomic E-state index is 0.224. The summed E-state index contributed by atoms with van der Waals surface area (Å²) in [7, 11) is 1.56. The van der Waals surface area contributed by atoms with E-state index in [2.05, 4.69) is 16.0 Å². The average molecular weight is 309 g/mol. The topological polar surface area (TPSA) is 88.0 Å². The Balaban J connectivity index is 2.35. The number of methoxy groups -OCH3 is 1. The number of nitriles is 1. The van der Waals surface area contributed by atoms with Crippen molar-refractivity contribution in [1.29, 1.82) is 5.26 Å². The Kier molecular flexibility index (Phi) is 3.96. The number of rotatable bonds is 4. The van der Waals surface area contributed by atoms with E-state index in [1.165, 1.54) is 0 Å². The second-order valence-electron chi connectivity index (χ2n) is 5.02. The number of pyridine rings is 1. The molecule has 3 aromatic rings. The number of H-pyrrole nitrogens is 1. The smallest absolute Gasteiger partial charge is 0.357 e. The third-order valence-electron chi connectivity index (χ3n) is 3.62. The van der Waals surface area contributed by atoms with E-state index in [1.807, 2.05) is 6.07 Å². The quantitative estimate of drug-likeness (QED) is 0.749. The lowest BCUT2D eigenvalue weighted by atomic mass is 10.0. The van der Waals surface area contributed by atoms with Gasteiger partial charge in [0.1, 0.15) is 0 Å². The molecule has 0 bridgehead atoms. The van der Waals surface area contributed by atoms with Gasteiger partial charge in [0.15, 0.2) is 5.69 Å². The lowest BCUT2D eigenvalue weighted by molar-refractivity contribution is 0.0514. The van der Waals surface area contributed by atoms with Crippen molar-refractivity contribution in [2.24, 2.45) is 0 Å². The molecule has 2 heterocycles. The summed E-state index contributed by atoms with van der Waals surface area (Å²) in [5.41, 5.74) is 3.11. The first-order chi connectivity index (χ1) is 11.2. The summed E-state index contributed by atoms with van der Waals surface area (Å²) in [5, 5.41) is 10.8. The van der Waals surface area contributed by atoms with Gasteiger partial charge in [-0.05, 0) is 25.1 Å². The number of fused-ring (bicyclic) bond motifs is 3. The molecule has 0 radical (unpaired) electrons. The second-order valence-corrected chi connectivity index (χ2v) is 5.02. The van der Waals surface area contributed by atoms with Crippen molar-refractivity contribution in [2.75, 3.05) is 13.7 Å². The van der Waals surface area contributed by atoms with E-state index in [4.69, 9.17) is 14.7 Å². The highest BCUT2D eigenvalue weighted by Gasteiger charge is 2.20. The van der Waals surface area contributed by atoms with Gasteiger partial charge in [0.2, 0.25) is 0 Å². The number of benzene rings is 1. The van der Waals surface area contributed by atoms with E-state index < -0.39 is 5.97 Å². The van der Waals surface area contributed by atoms with E-state index in [9.17, 15) is 4.79 Å². The monoisotopic (exact) mass is 309 g/mol. The largest absolute Gasteiger partial charge is 0.461 e. The Bertz CT molecular complexity index is 938. The van der Waals surface area contributed by atoms with Crippen LogP contribution in [0.5, 0.6) is 0 Å². The van der Waals surface area contributed by atoms with E-state index >= 15 is 0 Å². The number of nitrogens with one attached hydrogen (secondary N) is 1. The van der Waals surface area contributed by atoms with Gasteiger partial charge < -0.3 is 14.5 Å². The molecule has 6 nitrogen and oxygen atoms in total. The molecule has 0 unspecified atom stereocenters. The molecule has 0 saturated heterocycles. The van der Waals surface area contributed by atoms with E-state index in [0.717, 1.165) is 21.8 Å². The molecule has 0 aliphatic heterocycles. The fourth-order valence-corrected chi connectivity index (χ4v) is 2.69. The van der Waals surface area contributed by atoms with Crippen LogP contribution in [0.4, 0.5) is 0 Å². The maximum atomic E-state index is 12.2. The predicted octanol–water partition coefficient (Wildman–Crippen LogP) is 2.91. The van der Waals surface area contributed by atoms with E-state index in [-0.39, 0.29) is 18.9 Å². The highest BCUT2D eigenvalue weighted by molar-refractivity contribution is 6.11. The number of esters is 1. The summed E-state index contributed by atoms with van der Waals surface area (Å²) >= 11 is 0. The fourth-order valence-electron chi connectivity index (χ4n) is 2.69. The van der Waals surface area contributed by atoms with E-state index in [0.29, 0.717) is 11.1 Å². The van der Waals surface area contributed by atoms with Gasteiger partial charge in [0.05, 0.1) is 36.6 Å². The number of hydrogen-bond donors (Lipinski definition) is 1. The SMILES string of the molecule is CCOC(=O)c1ncc2[nH]c3ccc(C#N)cc3c2c1COC. The van der Waals surface area contributed by atoms with Crippen molar-refractivity contribution in [3.63, 3.8) is 0 Å². The van der Waals surface area contributed by atoms with Gasteiger partial charge in [-0.15, -0.1) is 0 Å². The first-order valence-corrected chi connectivity index (χ1v) is 7.19. The summed E-state index contributed by atoms with van der Waals surface area (Å²) in [6, 6.07) is 7.51. The van der Waals surface area contributed by atoms with Crippen LogP contribution in [0.1, 0.15) is 28.5 Å². The average Bonchev–Trinajstić information content (AvgIpc) is 2.93. The van der Waals surface area contributed by atoms with E-state index in [1.54, 1.807) is 32.4 Å². The Morgan fingerprint density at radius 2 is 2.22 bits per heavy atom. The van der Waals surface area contributed by atoms with Crippen molar-refractivity contribution in [1.82, 2.24) is 9.97 Å². The summed E-state index contributed by atoms with van der Waals surface area (Å²) in [5.74, 6) is -0.479. The Labute approximate surface area is 132 Å². The van der Waals surface area contributed by atoms with Gasteiger partial charge in [0.25, 0.3) is 0 Å². The molecule has 1 aromatic carbocycles. The number of carbonyl (C=O) groups is 1. The van der Waals surface area contributed by atoms with Crippen LogP contribution in [-0.4, -0.2) is 29.7 Å². The fraction of sp³-hybridized carbons (Fsp3) is 0.235. The molecule has 6 heteroatoms. The lowest BCUT2D eigenvalue weighted by Gasteiger charge is -2.09. The Morgan fingerprint density at radius 1 is 1.39 bits per heavy atom. The van der Waals surface area contributed by atoms with Crippen LogP contribution < -0.4 is 0 Å². The summed E-state index contributed by atoms with van der Waals surface area (Å²) in [4.78, 5) is 19.6. The molecule has 0 aliphatic rings. The minimum Gasteiger partial charge on any atom is -0.461 e. The van der Waals surface area contributed by atoms with Crippen molar-refractivity contribution in [2.45, 2.75) is 13.5 Å². The standard InChI is InChI=1S/C17H15N3O3/c1-3-23-17(21)16-12(9-22-2)15-11-6-10(7-18)4-5-13(11)20-14(15)8-19-16/h4-6,8,20H,3,9H2,1-2H3. The molecule has 0 spiro atoms. The third kappa shape index (κ3) is 2.51. The molecule has 116 valence electrons. The second kappa shape index (κ2) is 6.07. The zero-order valence-corrected chi connectivity index (χ0v) is 12.8. The Morgan fingerprint density at radius 3 is 2.91 bits per heavy atom. The van der Waals surface area contributed by atoms with Gasteiger partial charge in [-0.25, -0.2) is 9.78 Å². The maximum absolute atomic E-state index is 12.2. The summed E-state index contributed by atoms with van der Waals surface area (Å²) in [6.07, 6.45) is 1.60. The molecular weight excluding hydrogens is 294 g/mol. The van der Waals surface area contributed by atoms with Gasteiger partial charge in [0, 0.05) is 29.0 Å². The van der Waals surface area contributed by atoms with Gasteiger partial charge in [-0.2, -0.15) is 5.26 Å². The van der Waals surface area contributed by atoms with Crippen LogP contribution in [-0.2, 0) is 16.1 Å². The molecule has 23 heavy (non-hydrogen) atoms. The van der Waals surface area contributed by atoms with Gasteiger partial charge >= 0.3 is 5.97 Å². The number of carbonyl (C=O) groups excluding carboxylic acids is 1. The number of ether oxygens (including phenoxy) is 2. The van der Waals surface area contributed by atoms with Crippen LogP contribution >= 0.6 is 0 Å². The number of nitrogens with zero attached hydrogens (tertiary/aromatic N) is 2. The summed E-state index contributed by atoms with van der Waals surface area (Å²) in [6.45, 7) is 2.25. The zero-order chi connectivity index (χ0) is 16.4. The number of aromatic amines is 1. The molecule has 3 rings (SSSR count). The molecule has 0 saturated carbocycles. The van der Waals surface area contributed by atoms with Crippen LogP contribution in [0, 0.1) is 11.3 Å². The zero-order valence-electron chi connectivity index (χ0n) is 12.8. The van der Waals surface area contributed by atoms with Crippen molar-refractivity contribution >= 4 is 27.8 Å². The van der Waals surface area contributed by atoms with Crippen LogP contribution in [0.15, 0.2) is 24.4 Å². The highest BCUT2D eigenvalue weighted by atomic mass is 16.5. The lowest BCUT2D eigenvalue weighted by Crippen LogP contribution is -2.11. The molecule has 0 fully saturated rings. The molecular formula is C17H15N3O3. The molecule has 1 N–H and O–H groups in total. The first-order valence-electron chi connectivity index (χ1n) is 7.19. The molecule has 0 amide bonds. The number of hydrogen-bond acceptors (Lipinski definition) is 5. The predicted molar refractivity (Wildman–Crippen MR) is 85.0 cm³/mol.